The van der Waals surface area contributed by atoms with E-state index in [1.807, 2.05) is 11.9 Å². The lowest BCUT2D eigenvalue weighted by atomic mass is 9.90. The third-order valence-electron chi connectivity index (χ3n) is 3.74. The molecule has 86 valence electrons. The third kappa shape index (κ3) is 1.71. The highest BCUT2D eigenvalue weighted by atomic mass is 16.2. The van der Waals surface area contributed by atoms with Crippen LogP contribution in [0.4, 0.5) is 4.79 Å². The van der Waals surface area contributed by atoms with Gasteiger partial charge >= 0.3 is 6.03 Å². The lowest BCUT2D eigenvalue weighted by Crippen LogP contribution is -2.47. The van der Waals surface area contributed by atoms with Crippen LogP contribution in [0.5, 0.6) is 0 Å². The van der Waals surface area contributed by atoms with Crippen LogP contribution in [0.3, 0.4) is 0 Å². The molecule has 15 heavy (non-hydrogen) atoms. The highest BCUT2D eigenvalue weighted by Crippen LogP contribution is 2.33. The van der Waals surface area contributed by atoms with Gasteiger partial charge in [-0.1, -0.05) is 0 Å². The summed E-state index contributed by atoms with van der Waals surface area (Å²) in [7, 11) is 1.91. The molecule has 0 aliphatic carbocycles. The van der Waals surface area contributed by atoms with Gasteiger partial charge in [-0.05, 0) is 39.3 Å². The Bertz CT molecular complexity index is 246. The Balaban J connectivity index is 2.20. The van der Waals surface area contributed by atoms with Gasteiger partial charge in [0.15, 0.2) is 0 Å². The summed E-state index contributed by atoms with van der Waals surface area (Å²) < 4.78 is 0. The number of urea groups is 1. The van der Waals surface area contributed by atoms with Crippen molar-refractivity contribution in [1.29, 1.82) is 0 Å². The van der Waals surface area contributed by atoms with E-state index in [0.29, 0.717) is 0 Å². The van der Waals surface area contributed by atoms with Crippen LogP contribution < -0.4 is 5.32 Å². The highest BCUT2D eigenvalue weighted by Gasteiger charge is 2.46. The summed E-state index contributed by atoms with van der Waals surface area (Å²) in [5, 5.41) is 3.42. The Morgan fingerprint density at radius 2 is 2.20 bits per heavy atom. The van der Waals surface area contributed by atoms with E-state index in [1.54, 1.807) is 0 Å². The van der Waals surface area contributed by atoms with E-state index < -0.39 is 0 Å². The largest absolute Gasteiger partial charge is 0.325 e. The Kier molecular flexibility index (Phi) is 2.87. The highest BCUT2D eigenvalue weighted by molar-refractivity contribution is 5.77. The number of hydrogen-bond donors (Lipinski definition) is 1. The first-order chi connectivity index (χ1) is 7.19. The molecule has 2 saturated heterocycles. The maximum absolute atomic E-state index is 12.0. The smallest absolute Gasteiger partial charge is 0.320 e. The van der Waals surface area contributed by atoms with Gasteiger partial charge in [0.25, 0.3) is 0 Å². The first-order valence-electron chi connectivity index (χ1n) is 5.93. The molecule has 0 aromatic rings. The zero-order valence-corrected chi connectivity index (χ0v) is 9.75. The van der Waals surface area contributed by atoms with Gasteiger partial charge in [-0.3, -0.25) is 0 Å². The standard InChI is InChI=1S/C11H21N3O/c1-3-14-10(15)13(2)9-11(14)5-4-7-12-8-6-11/h12H,3-9H2,1-2H3. The minimum Gasteiger partial charge on any atom is -0.325 e. The third-order valence-corrected chi connectivity index (χ3v) is 3.74. The SMILES string of the molecule is CCN1C(=O)N(C)CC12CCCNCC2. The average molecular weight is 211 g/mol. The van der Waals surface area contributed by atoms with E-state index in [9.17, 15) is 4.79 Å². The molecule has 4 heteroatoms. The van der Waals surface area contributed by atoms with E-state index in [2.05, 4.69) is 17.1 Å². The van der Waals surface area contributed by atoms with Crippen molar-refractivity contribution in [2.75, 3.05) is 33.2 Å². The van der Waals surface area contributed by atoms with E-state index in [-0.39, 0.29) is 11.6 Å². The van der Waals surface area contributed by atoms with Crippen LogP contribution in [0.2, 0.25) is 0 Å². The molecule has 2 fully saturated rings. The van der Waals surface area contributed by atoms with Crippen LogP contribution in [0, 0.1) is 0 Å². The molecule has 0 bridgehead atoms. The molecule has 0 aromatic heterocycles. The van der Waals surface area contributed by atoms with Crippen molar-refractivity contribution in [2.24, 2.45) is 0 Å². The summed E-state index contributed by atoms with van der Waals surface area (Å²) >= 11 is 0. The molecule has 0 aromatic carbocycles. The Labute approximate surface area is 91.6 Å². The van der Waals surface area contributed by atoms with Crippen molar-refractivity contribution >= 4 is 6.03 Å². The number of nitrogens with zero attached hydrogens (tertiary/aromatic N) is 2. The second-order valence-electron chi connectivity index (χ2n) is 4.71. The minimum absolute atomic E-state index is 0.115. The second-order valence-corrected chi connectivity index (χ2v) is 4.71. The molecule has 1 spiro atoms. The Morgan fingerprint density at radius 3 is 2.93 bits per heavy atom. The van der Waals surface area contributed by atoms with Crippen molar-refractivity contribution in [3.8, 4) is 0 Å². The Morgan fingerprint density at radius 1 is 1.40 bits per heavy atom. The Hall–Kier alpha value is -0.770. The van der Waals surface area contributed by atoms with Gasteiger partial charge in [-0.25, -0.2) is 4.79 Å². The van der Waals surface area contributed by atoms with Gasteiger partial charge in [0.2, 0.25) is 0 Å². The van der Waals surface area contributed by atoms with Crippen LogP contribution in [0.1, 0.15) is 26.2 Å². The summed E-state index contributed by atoms with van der Waals surface area (Å²) in [5.41, 5.74) is 0.115. The molecule has 2 rings (SSSR count). The zero-order valence-electron chi connectivity index (χ0n) is 9.75. The van der Waals surface area contributed by atoms with E-state index in [1.165, 1.54) is 6.42 Å². The van der Waals surface area contributed by atoms with Crippen molar-refractivity contribution < 1.29 is 4.79 Å². The predicted octanol–water partition coefficient (Wildman–Crippen LogP) is 0.886. The summed E-state index contributed by atoms with van der Waals surface area (Å²) in [6, 6.07) is 0.208. The quantitative estimate of drug-likeness (QED) is 0.699. The molecule has 2 aliphatic rings. The first-order valence-corrected chi connectivity index (χ1v) is 5.93. The molecular weight excluding hydrogens is 190 g/mol. The number of rotatable bonds is 1. The normalized spacial score (nSPS) is 32.5. The minimum atomic E-state index is 0.115. The number of amides is 2. The number of likely N-dealkylation sites (N-methyl/N-ethyl adjacent to an activating group) is 2. The van der Waals surface area contributed by atoms with Gasteiger partial charge in [0.05, 0.1) is 5.54 Å². The monoisotopic (exact) mass is 211 g/mol. The van der Waals surface area contributed by atoms with Crippen LogP contribution in [0.25, 0.3) is 0 Å². The summed E-state index contributed by atoms with van der Waals surface area (Å²) in [6.07, 6.45) is 3.42. The molecule has 1 unspecified atom stereocenters. The molecule has 1 N–H and O–H groups in total. The van der Waals surface area contributed by atoms with Crippen molar-refractivity contribution in [1.82, 2.24) is 15.1 Å². The van der Waals surface area contributed by atoms with Crippen molar-refractivity contribution in [2.45, 2.75) is 31.7 Å². The number of nitrogens with one attached hydrogen (secondary N) is 1. The van der Waals surface area contributed by atoms with E-state index >= 15 is 0 Å². The van der Waals surface area contributed by atoms with Crippen molar-refractivity contribution in [3.63, 3.8) is 0 Å². The van der Waals surface area contributed by atoms with Gasteiger partial charge < -0.3 is 15.1 Å². The van der Waals surface area contributed by atoms with Crippen LogP contribution in [-0.4, -0.2) is 54.6 Å². The number of hydrogen-bond acceptors (Lipinski definition) is 2. The molecule has 0 radical (unpaired) electrons. The molecule has 2 amide bonds. The van der Waals surface area contributed by atoms with Gasteiger partial charge in [0, 0.05) is 20.1 Å². The number of carbonyl (C=O) groups excluding carboxylic acids is 1. The molecule has 0 saturated carbocycles. The van der Waals surface area contributed by atoms with Crippen LogP contribution >= 0.6 is 0 Å². The summed E-state index contributed by atoms with van der Waals surface area (Å²) in [5.74, 6) is 0. The second kappa shape index (κ2) is 4.00. The molecule has 2 heterocycles. The summed E-state index contributed by atoms with van der Waals surface area (Å²) in [6.45, 7) is 5.95. The first kappa shape index (κ1) is 10.7. The van der Waals surface area contributed by atoms with E-state index in [4.69, 9.17) is 0 Å². The fourth-order valence-corrected chi connectivity index (χ4v) is 3.02. The molecule has 2 aliphatic heterocycles. The average Bonchev–Trinajstić information content (AvgIpc) is 2.42. The van der Waals surface area contributed by atoms with Gasteiger partial charge in [0.1, 0.15) is 0 Å². The van der Waals surface area contributed by atoms with Gasteiger partial charge in [-0.15, -0.1) is 0 Å². The van der Waals surface area contributed by atoms with Gasteiger partial charge in [-0.2, -0.15) is 0 Å². The fraction of sp³-hybridized carbons (Fsp3) is 0.909. The van der Waals surface area contributed by atoms with Crippen LogP contribution in [0.15, 0.2) is 0 Å². The summed E-state index contributed by atoms with van der Waals surface area (Å²) in [4.78, 5) is 15.9. The maximum Gasteiger partial charge on any atom is 0.320 e. The molecular formula is C11H21N3O. The number of carbonyl (C=O) groups is 1. The maximum atomic E-state index is 12.0. The van der Waals surface area contributed by atoms with E-state index in [0.717, 1.165) is 39.0 Å². The topological polar surface area (TPSA) is 35.6 Å². The lowest BCUT2D eigenvalue weighted by Gasteiger charge is -2.35. The molecule has 1 atom stereocenters. The predicted molar refractivity (Wildman–Crippen MR) is 59.9 cm³/mol. The zero-order chi connectivity index (χ0) is 10.9. The van der Waals surface area contributed by atoms with Crippen LogP contribution in [-0.2, 0) is 0 Å². The lowest BCUT2D eigenvalue weighted by molar-refractivity contribution is 0.149. The fourth-order valence-electron chi connectivity index (χ4n) is 3.02. The molecule has 4 nitrogen and oxygen atoms in total. The van der Waals surface area contributed by atoms with Crippen molar-refractivity contribution in [3.05, 3.63) is 0 Å².